The highest BCUT2D eigenvalue weighted by Gasteiger charge is 2.26. The van der Waals surface area contributed by atoms with Gasteiger partial charge in [-0.3, -0.25) is 4.57 Å². The van der Waals surface area contributed by atoms with Gasteiger partial charge in [0.05, 0.1) is 11.0 Å². The van der Waals surface area contributed by atoms with Gasteiger partial charge in [0.25, 0.3) is 0 Å². The zero-order chi connectivity index (χ0) is 24.3. The molecule has 0 amide bonds. The maximum Gasteiger partial charge on any atom is 0.145 e. The van der Waals surface area contributed by atoms with Crippen LogP contribution < -0.4 is 0 Å². The average Bonchev–Trinajstić information content (AvgIpc) is 3.52. The highest BCUT2D eigenvalue weighted by atomic mass is 15.1. The highest BCUT2D eigenvalue weighted by molar-refractivity contribution is 6.24. The summed E-state index contributed by atoms with van der Waals surface area (Å²) in [6.07, 6.45) is 7.08. The van der Waals surface area contributed by atoms with E-state index in [1.807, 2.05) is 0 Å². The number of rotatable bonds is 3. The fraction of sp³-hybridized carbons (Fsp3) is 0.0571. The van der Waals surface area contributed by atoms with Gasteiger partial charge >= 0.3 is 0 Å². The van der Waals surface area contributed by atoms with Crippen molar-refractivity contribution in [2.75, 3.05) is 0 Å². The Morgan fingerprint density at radius 1 is 0.568 bits per heavy atom. The van der Waals surface area contributed by atoms with Gasteiger partial charge in [0.1, 0.15) is 5.82 Å². The lowest BCUT2D eigenvalue weighted by molar-refractivity contribution is 1.05. The van der Waals surface area contributed by atoms with Gasteiger partial charge in [0, 0.05) is 11.3 Å². The van der Waals surface area contributed by atoms with E-state index in [-0.39, 0.29) is 0 Å². The number of hydrogen-bond acceptors (Lipinski definition) is 1. The Kier molecular flexibility index (Phi) is 4.38. The maximum atomic E-state index is 5.03. The van der Waals surface area contributed by atoms with E-state index in [4.69, 9.17) is 4.98 Å². The Balaban J connectivity index is 1.35. The molecule has 174 valence electrons. The van der Waals surface area contributed by atoms with Gasteiger partial charge in [-0.1, -0.05) is 97.1 Å². The van der Waals surface area contributed by atoms with Crippen LogP contribution in [0, 0.1) is 0 Å². The fourth-order valence-corrected chi connectivity index (χ4v) is 6.17. The van der Waals surface area contributed by atoms with Crippen LogP contribution in [-0.4, -0.2) is 9.55 Å². The predicted octanol–water partition coefficient (Wildman–Crippen LogP) is 9.09. The number of hydrogen-bond donors (Lipinski definition) is 0. The third-order valence-electron chi connectivity index (χ3n) is 7.78. The topological polar surface area (TPSA) is 17.8 Å². The molecular formula is C35H24N2. The molecule has 0 spiro atoms. The van der Waals surface area contributed by atoms with Crippen molar-refractivity contribution >= 4 is 33.0 Å². The van der Waals surface area contributed by atoms with E-state index in [1.54, 1.807) is 0 Å². The first-order valence-corrected chi connectivity index (χ1v) is 13.0. The number of fused-ring (bicyclic) bond motifs is 4. The summed E-state index contributed by atoms with van der Waals surface area (Å²) in [7, 11) is 0. The summed E-state index contributed by atoms with van der Waals surface area (Å²) in [6, 6.07) is 39.2. The first-order chi connectivity index (χ1) is 18.4. The van der Waals surface area contributed by atoms with Gasteiger partial charge in [-0.2, -0.15) is 0 Å². The average molecular weight is 473 g/mol. The zero-order valence-corrected chi connectivity index (χ0v) is 20.4. The van der Waals surface area contributed by atoms with E-state index in [1.165, 1.54) is 44.2 Å². The molecule has 0 fully saturated rings. The number of nitrogens with zero attached hydrogens (tertiary/aromatic N) is 2. The monoisotopic (exact) mass is 472 g/mol. The predicted molar refractivity (Wildman–Crippen MR) is 155 cm³/mol. The van der Waals surface area contributed by atoms with Crippen molar-refractivity contribution in [3.8, 4) is 28.2 Å². The molecule has 0 saturated heterocycles. The molecule has 0 aliphatic heterocycles. The number of aromatic nitrogens is 2. The van der Waals surface area contributed by atoms with E-state index in [0.717, 1.165) is 41.0 Å². The van der Waals surface area contributed by atoms with Crippen LogP contribution in [-0.2, 0) is 0 Å². The number of allylic oxidation sites excluding steroid dienone is 4. The van der Waals surface area contributed by atoms with Gasteiger partial charge in [0.15, 0.2) is 0 Å². The van der Waals surface area contributed by atoms with Crippen molar-refractivity contribution in [1.29, 1.82) is 0 Å². The normalized spacial score (nSPS) is 14.1. The second kappa shape index (κ2) is 7.91. The summed E-state index contributed by atoms with van der Waals surface area (Å²) in [6.45, 7) is 0. The lowest BCUT2D eigenvalue weighted by Gasteiger charge is -2.13. The smallest absolute Gasteiger partial charge is 0.145 e. The number of para-hydroxylation sites is 2. The quantitative estimate of drug-likeness (QED) is 0.251. The van der Waals surface area contributed by atoms with Crippen LogP contribution in [0.5, 0.6) is 0 Å². The van der Waals surface area contributed by atoms with Crippen molar-refractivity contribution < 1.29 is 0 Å². The molecule has 37 heavy (non-hydrogen) atoms. The first-order valence-electron chi connectivity index (χ1n) is 13.0. The number of imidazole rings is 1. The third kappa shape index (κ3) is 3.02. The van der Waals surface area contributed by atoms with Crippen LogP contribution in [0.4, 0.5) is 0 Å². The molecular weight excluding hydrogens is 448 g/mol. The van der Waals surface area contributed by atoms with E-state index in [9.17, 15) is 0 Å². The Labute approximate surface area is 215 Å². The molecule has 2 aliphatic rings. The molecule has 8 rings (SSSR count). The molecule has 5 aromatic carbocycles. The standard InChI is InChI=1S/C35H24N2/c1-2-10-23(11-3-1)35-36-32-18-6-7-19-33(32)37(35)25-13-8-12-24(22-25)26-20-21-31-28-15-5-4-14-27(28)30-17-9-16-29(26)34(30)31/h1-3,6-22H,4-5H2. The summed E-state index contributed by atoms with van der Waals surface area (Å²) in [4.78, 5) is 5.03. The van der Waals surface area contributed by atoms with Crippen molar-refractivity contribution in [1.82, 2.24) is 9.55 Å². The van der Waals surface area contributed by atoms with E-state index >= 15 is 0 Å². The van der Waals surface area contributed by atoms with Crippen molar-refractivity contribution in [2.24, 2.45) is 0 Å². The minimum Gasteiger partial charge on any atom is -0.292 e. The molecule has 2 heteroatoms. The summed E-state index contributed by atoms with van der Waals surface area (Å²) < 4.78 is 2.29. The Bertz CT molecular complexity index is 1890. The molecule has 0 N–H and O–H groups in total. The Morgan fingerprint density at radius 2 is 1.27 bits per heavy atom. The van der Waals surface area contributed by atoms with E-state index in [2.05, 4.69) is 126 Å². The Hall–Kier alpha value is -4.69. The van der Waals surface area contributed by atoms with Crippen LogP contribution in [0.15, 0.2) is 121 Å². The molecule has 1 heterocycles. The molecule has 0 saturated carbocycles. The summed E-state index contributed by atoms with van der Waals surface area (Å²) >= 11 is 0. The van der Waals surface area contributed by atoms with Crippen LogP contribution in [0.3, 0.4) is 0 Å². The minimum atomic E-state index is 0.960. The maximum absolute atomic E-state index is 5.03. The van der Waals surface area contributed by atoms with Crippen LogP contribution in [0.25, 0.3) is 61.2 Å². The van der Waals surface area contributed by atoms with Gasteiger partial charge in [-0.15, -0.1) is 0 Å². The van der Waals surface area contributed by atoms with Gasteiger partial charge in [0.2, 0.25) is 0 Å². The van der Waals surface area contributed by atoms with Crippen molar-refractivity contribution in [2.45, 2.75) is 12.8 Å². The van der Waals surface area contributed by atoms with Crippen molar-refractivity contribution in [3.05, 3.63) is 132 Å². The molecule has 0 unspecified atom stereocenters. The van der Waals surface area contributed by atoms with E-state index in [0.29, 0.717) is 0 Å². The highest BCUT2D eigenvalue weighted by Crippen LogP contribution is 2.49. The summed E-state index contributed by atoms with van der Waals surface area (Å²) in [5, 5.41) is 2.71. The van der Waals surface area contributed by atoms with Crippen LogP contribution >= 0.6 is 0 Å². The molecule has 1 aromatic heterocycles. The van der Waals surface area contributed by atoms with Gasteiger partial charge < -0.3 is 0 Å². The molecule has 0 atom stereocenters. The molecule has 6 aromatic rings. The summed E-state index contributed by atoms with van der Waals surface area (Å²) in [5.74, 6) is 0.960. The SMILES string of the molecule is C1=C2C(=CCC1)c1ccc(-c3cccc(-n4c(-c5ccccc5)nc5ccccc54)c3)c3cccc2c13. The lowest BCUT2D eigenvalue weighted by atomic mass is 9.94. The molecule has 0 bridgehead atoms. The zero-order valence-electron chi connectivity index (χ0n) is 20.4. The largest absolute Gasteiger partial charge is 0.292 e. The second-order valence-electron chi connectivity index (χ2n) is 9.88. The Morgan fingerprint density at radius 3 is 2.14 bits per heavy atom. The van der Waals surface area contributed by atoms with Crippen LogP contribution in [0.2, 0.25) is 0 Å². The molecule has 2 aliphatic carbocycles. The fourth-order valence-electron chi connectivity index (χ4n) is 6.17. The van der Waals surface area contributed by atoms with E-state index < -0.39 is 0 Å². The first kappa shape index (κ1) is 20.5. The second-order valence-corrected chi connectivity index (χ2v) is 9.88. The third-order valence-corrected chi connectivity index (χ3v) is 7.78. The molecule has 0 radical (unpaired) electrons. The number of benzene rings is 5. The minimum absolute atomic E-state index is 0.960. The van der Waals surface area contributed by atoms with Crippen LogP contribution in [0.1, 0.15) is 24.0 Å². The van der Waals surface area contributed by atoms with Crippen molar-refractivity contribution in [3.63, 3.8) is 0 Å². The van der Waals surface area contributed by atoms with Gasteiger partial charge in [-0.05, 0) is 81.3 Å². The molecule has 2 nitrogen and oxygen atoms in total. The lowest BCUT2D eigenvalue weighted by Crippen LogP contribution is -1.98. The van der Waals surface area contributed by atoms with Gasteiger partial charge in [-0.25, -0.2) is 4.98 Å². The summed E-state index contributed by atoms with van der Waals surface area (Å²) in [5.41, 5.74) is 12.4.